The number of nitrogens with one attached hydrogen (secondary N) is 2. The van der Waals surface area contributed by atoms with Crippen LogP contribution in [0.5, 0.6) is 0 Å². The minimum Gasteiger partial charge on any atom is -0.369 e. The van der Waals surface area contributed by atoms with Crippen molar-refractivity contribution in [3.63, 3.8) is 0 Å². The average Bonchev–Trinajstić information content (AvgIpc) is 2.48. The van der Waals surface area contributed by atoms with Crippen LogP contribution in [0.3, 0.4) is 0 Å². The molecule has 2 rings (SSSR count). The number of hydrogen-bond donors (Lipinski definition) is 2. The first-order chi connectivity index (χ1) is 9.65. The predicted molar refractivity (Wildman–Crippen MR) is 87.4 cm³/mol. The molecule has 1 aliphatic heterocycles. The maximum absolute atomic E-state index is 3.76. The molecule has 0 aliphatic carbocycles. The third-order valence-electron chi connectivity index (χ3n) is 4.06. The summed E-state index contributed by atoms with van der Waals surface area (Å²) in [5.74, 6) is 0. The number of anilines is 2. The van der Waals surface area contributed by atoms with E-state index in [0.717, 1.165) is 31.9 Å². The lowest BCUT2D eigenvalue weighted by molar-refractivity contribution is 0.313. The van der Waals surface area contributed by atoms with E-state index in [-0.39, 0.29) is 0 Å². The van der Waals surface area contributed by atoms with Crippen molar-refractivity contribution in [3.8, 4) is 0 Å². The normalized spacial score (nSPS) is 17.9. The van der Waals surface area contributed by atoms with Crippen molar-refractivity contribution in [1.29, 1.82) is 0 Å². The Bertz CT molecular complexity index is 450. The molecular weight excluding hydrogens is 248 g/mol. The Kier molecular flexibility index (Phi) is 5.04. The number of nitrogens with zero attached hydrogens (tertiary/aromatic N) is 2. The monoisotopic (exact) mass is 274 g/mol. The number of rotatable bonds is 5. The molecule has 1 saturated heterocycles. The van der Waals surface area contributed by atoms with Crippen molar-refractivity contribution in [2.45, 2.75) is 13.0 Å². The van der Waals surface area contributed by atoms with Crippen molar-refractivity contribution in [2.75, 3.05) is 50.5 Å². The highest BCUT2D eigenvalue weighted by Crippen LogP contribution is 2.28. The van der Waals surface area contributed by atoms with E-state index in [0.29, 0.717) is 6.04 Å². The summed E-state index contributed by atoms with van der Waals surface area (Å²) < 4.78 is 0. The highest BCUT2D eigenvalue weighted by Gasteiger charge is 2.16. The Balaban J connectivity index is 2.24. The Morgan fingerprint density at radius 1 is 1.25 bits per heavy atom. The van der Waals surface area contributed by atoms with Gasteiger partial charge in [-0.3, -0.25) is 0 Å². The van der Waals surface area contributed by atoms with E-state index in [2.05, 4.69) is 59.2 Å². The van der Waals surface area contributed by atoms with Crippen LogP contribution >= 0.6 is 0 Å². The molecule has 0 radical (unpaired) electrons. The third kappa shape index (κ3) is 3.32. The summed E-state index contributed by atoms with van der Waals surface area (Å²) in [5.41, 5.74) is 3.72. The van der Waals surface area contributed by atoms with E-state index in [1.807, 2.05) is 7.05 Å². The topological polar surface area (TPSA) is 30.5 Å². The van der Waals surface area contributed by atoms with Gasteiger partial charge in [-0.1, -0.05) is 6.58 Å². The number of piperazine rings is 1. The minimum absolute atomic E-state index is 0.310. The van der Waals surface area contributed by atoms with Crippen LogP contribution in [0.15, 0.2) is 31.0 Å². The maximum Gasteiger partial charge on any atom is 0.0429 e. The van der Waals surface area contributed by atoms with E-state index in [1.54, 1.807) is 6.20 Å². The maximum atomic E-state index is 3.76. The van der Waals surface area contributed by atoms with Crippen LogP contribution in [0.2, 0.25) is 0 Å². The first-order valence-electron chi connectivity index (χ1n) is 7.28. The molecule has 4 nitrogen and oxygen atoms in total. The van der Waals surface area contributed by atoms with Gasteiger partial charge in [0, 0.05) is 43.6 Å². The van der Waals surface area contributed by atoms with E-state index in [4.69, 9.17) is 0 Å². The van der Waals surface area contributed by atoms with Crippen LogP contribution in [-0.2, 0) is 0 Å². The summed E-state index contributed by atoms with van der Waals surface area (Å²) in [5, 5.41) is 6.54. The SMILES string of the molecule is C=CNc1ccc(N2CCN(C)CC2)cc1C(C)NC. The van der Waals surface area contributed by atoms with Gasteiger partial charge in [0.2, 0.25) is 0 Å². The molecule has 0 spiro atoms. The molecule has 1 heterocycles. The summed E-state index contributed by atoms with van der Waals surface area (Å²) in [6.07, 6.45) is 1.73. The molecule has 1 aliphatic rings. The fraction of sp³-hybridized carbons (Fsp3) is 0.500. The van der Waals surface area contributed by atoms with Gasteiger partial charge in [-0.25, -0.2) is 0 Å². The zero-order chi connectivity index (χ0) is 14.5. The summed E-state index contributed by atoms with van der Waals surface area (Å²) in [7, 11) is 4.17. The lowest BCUT2D eigenvalue weighted by Gasteiger charge is -2.34. The van der Waals surface area contributed by atoms with E-state index < -0.39 is 0 Å². The van der Waals surface area contributed by atoms with Crippen molar-refractivity contribution >= 4 is 11.4 Å². The standard InChI is InChI=1S/C16H26N4/c1-5-18-16-7-6-14(12-15(16)13(2)17-3)20-10-8-19(4)9-11-20/h5-7,12-13,17-18H,1,8-11H2,2-4H3. The van der Waals surface area contributed by atoms with Crippen LogP contribution in [0.1, 0.15) is 18.5 Å². The van der Waals surface area contributed by atoms with Crippen LogP contribution in [0.4, 0.5) is 11.4 Å². The van der Waals surface area contributed by atoms with Crippen LogP contribution in [-0.4, -0.2) is 45.2 Å². The Labute approximate surface area is 122 Å². The van der Waals surface area contributed by atoms with Crippen LogP contribution < -0.4 is 15.5 Å². The van der Waals surface area contributed by atoms with Gasteiger partial charge in [-0.05, 0) is 51.0 Å². The highest BCUT2D eigenvalue weighted by atomic mass is 15.2. The largest absolute Gasteiger partial charge is 0.369 e. The Morgan fingerprint density at radius 2 is 1.95 bits per heavy atom. The molecule has 20 heavy (non-hydrogen) atoms. The molecule has 1 aromatic rings. The van der Waals surface area contributed by atoms with E-state index in [9.17, 15) is 0 Å². The van der Waals surface area contributed by atoms with E-state index >= 15 is 0 Å². The quantitative estimate of drug-likeness (QED) is 0.862. The van der Waals surface area contributed by atoms with Gasteiger partial charge in [-0.15, -0.1) is 0 Å². The molecule has 0 aromatic heterocycles. The Hall–Kier alpha value is -1.52. The van der Waals surface area contributed by atoms with Gasteiger partial charge >= 0.3 is 0 Å². The molecule has 110 valence electrons. The summed E-state index contributed by atoms with van der Waals surface area (Å²) in [4.78, 5) is 4.84. The average molecular weight is 274 g/mol. The van der Waals surface area contributed by atoms with Crippen molar-refractivity contribution in [2.24, 2.45) is 0 Å². The molecule has 0 amide bonds. The van der Waals surface area contributed by atoms with Gasteiger partial charge in [0.1, 0.15) is 0 Å². The lowest BCUT2D eigenvalue weighted by atomic mass is 10.0. The summed E-state index contributed by atoms with van der Waals surface area (Å²) in [6.45, 7) is 10.4. The van der Waals surface area contributed by atoms with Crippen molar-refractivity contribution in [1.82, 2.24) is 10.2 Å². The first kappa shape index (κ1) is 14.9. The second-order valence-corrected chi connectivity index (χ2v) is 5.42. The fourth-order valence-electron chi connectivity index (χ4n) is 2.57. The second-order valence-electron chi connectivity index (χ2n) is 5.42. The molecule has 2 N–H and O–H groups in total. The van der Waals surface area contributed by atoms with E-state index in [1.165, 1.54) is 11.3 Å². The molecule has 1 unspecified atom stereocenters. The number of benzene rings is 1. The highest BCUT2D eigenvalue weighted by molar-refractivity contribution is 5.62. The molecule has 0 bridgehead atoms. The molecule has 4 heteroatoms. The molecule has 0 saturated carbocycles. The molecule has 1 atom stereocenters. The minimum atomic E-state index is 0.310. The number of hydrogen-bond acceptors (Lipinski definition) is 4. The fourth-order valence-corrected chi connectivity index (χ4v) is 2.57. The second kappa shape index (κ2) is 6.77. The number of likely N-dealkylation sites (N-methyl/N-ethyl adjacent to an activating group) is 1. The molecular formula is C16H26N4. The first-order valence-corrected chi connectivity index (χ1v) is 7.28. The van der Waals surface area contributed by atoms with Crippen molar-refractivity contribution in [3.05, 3.63) is 36.5 Å². The predicted octanol–water partition coefficient (Wildman–Crippen LogP) is 2.27. The zero-order valence-corrected chi connectivity index (χ0v) is 12.8. The summed E-state index contributed by atoms with van der Waals surface area (Å²) in [6, 6.07) is 6.95. The molecule has 1 fully saturated rings. The van der Waals surface area contributed by atoms with Gasteiger partial charge in [0.15, 0.2) is 0 Å². The van der Waals surface area contributed by atoms with Gasteiger partial charge in [0.05, 0.1) is 0 Å². The van der Waals surface area contributed by atoms with Gasteiger partial charge in [-0.2, -0.15) is 0 Å². The zero-order valence-electron chi connectivity index (χ0n) is 12.8. The smallest absolute Gasteiger partial charge is 0.0429 e. The third-order valence-corrected chi connectivity index (χ3v) is 4.06. The summed E-state index contributed by atoms with van der Waals surface area (Å²) >= 11 is 0. The van der Waals surface area contributed by atoms with Crippen LogP contribution in [0, 0.1) is 0 Å². The van der Waals surface area contributed by atoms with Crippen LogP contribution in [0.25, 0.3) is 0 Å². The lowest BCUT2D eigenvalue weighted by Crippen LogP contribution is -2.44. The Morgan fingerprint density at radius 3 is 2.55 bits per heavy atom. The molecule has 1 aromatic carbocycles. The van der Waals surface area contributed by atoms with Gasteiger partial charge in [0.25, 0.3) is 0 Å². The van der Waals surface area contributed by atoms with Crippen molar-refractivity contribution < 1.29 is 0 Å². The van der Waals surface area contributed by atoms with Gasteiger partial charge < -0.3 is 20.4 Å².